The molecule has 0 aromatic heterocycles. The second-order valence-electron chi connectivity index (χ2n) is 7.28. The molecule has 176 valence electrons. The van der Waals surface area contributed by atoms with Gasteiger partial charge in [-0.15, -0.1) is 0 Å². The van der Waals surface area contributed by atoms with Crippen LogP contribution in [0.3, 0.4) is 0 Å². The summed E-state index contributed by atoms with van der Waals surface area (Å²) in [6.07, 6.45) is 3.80. The predicted octanol–water partition coefficient (Wildman–Crippen LogP) is 7.37. The van der Waals surface area contributed by atoms with Crippen molar-refractivity contribution in [2.75, 3.05) is 5.32 Å². The molecule has 0 aliphatic heterocycles. The lowest BCUT2D eigenvalue weighted by atomic mass is 9.85. The van der Waals surface area contributed by atoms with E-state index in [0.29, 0.717) is 11.6 Å². The summed E-state index contributed by atoms with van der Waals surface area (Å²) in [7, 11) is 0. The van der Waals surface area contributed by atoms with Crippen LogP contribution >= 0.6 is 34.2 Å². The maximum Gasteiger partial charge on any atom is 0.346 e. The fourth-order valence-electron chi connectivity index (χ4n) is 3.01. The fraction of sp³-hybridized carbons (Fsp3) is 0.190. The van der Waals surface area contributed by atoms with Crippen molar-refractivity contribution in [1.82, 2.24) is 0 Å². The molecule has 0 radical (unpaired) electrons. The molecule has 0 fully saturated rings. The molecule has 33 heavy (non-hydrogen) atoms. The maximum absolute atomic E-state index is 14.8. The largest absolute Gasteiger partial charge is 0.416 e. The highest BCUT2D eigenvalue weighted by molar-refractivity contribution is 14.1. The summed E-state index contributed by atoms with van der Waals surface area (Å²) in [6, 6.07) is 0.613. The number of hydrogen-bond donors (Lipinski definition) is 1. The van der Waals surface area contributed by atoms with Crippen molar-refractivity contribution >= 4 is 45.8 Å². The highest BCUT2D eigenvalue weighted by Crippen LogP contribution is 2.38. The van der Waals surface area contributed by atoms with Gasteiger partial charge in [0.05, 0.1) is 21.8 Å². The van der Waals surface area contributed by atoms with Gasteiger partial charge in [0.1, 0.15) is 0 Å². The van der Waals surface area contributed by atoms with E-state index in [1.807, 2.05) is 0 Å². The van der Waals surface area contributed by atoms with Crippen LogP contribution in [0.15, 0.2) is 27.4 Å². The van der Waals surface area contributed by atoms with Crippen LogP contribution in [0, 0.1) is 40.7 Å². The number of nitrogens with one attached hydrogen (secondary N) is 1. The molecule has 2 aromatic rings. The van der Waals surface area contributed by atoms with Gasteiger partial charge in [0.25, 0.3) is 0 Å². The maximum atomic E-state index is 14.8. The minimum Gasteiger partial charge on any atom is -0.416 e. The summed E-state index contributed by atoms with van der Waals surface area (Å²) >= 11 is 7.66. The van der Waals surface area contributed by atoms with Crippen molar-refractivity contribution in [3.63, 3.8) is 0 Å². The van der Waals surface area contributed by atoms with Gasteiger partial charge in [0.15, 0.2) is 11.6 Å². The predicted molar refractivity (Wildman–Crippen MR) is 115 cm³/mol. The summed E-state index contributed by atoms with van der Waals surface area (Å²) in [4.78, 5) is 12.6. The van der Waals surface area contributed by atoms with Crippen LogP contribution < -0.4 is 10.1 Å². The average molecular weight is 606 g/mol. The lowest BCUT2D eigenvalue weighted by molar-refractivity contribution is 0.0716. The molecule has 0 amide bonds. The molecule has 0 bridgehead atoms. The van der Waals surface area contributed by atoms with E-state index in [0.717, 1.165) is 3.58 Å². The van der Waals surface area contributed by atoms with E-state index in [9.17, 15) is 35.5 Å². The van der Waals surface area contributed by atoms with E-state index in [2.05, 4.69) is 32.6 Å². The number of halogens is 9. The Labute approximate surface area is 201 Å². The number of esters is 1. The minimum atomic E-state index is -2.46. The van der Waals surface area contributed by atoms with Crippen LogP contribution in [0.1, 0.15) is 30.6 Å². The number of carbonyl (C=O) groups is 1. The van der Waals surface area contributed by atoms with Gasteiger partial charge in [-0.3, -0.25) is 0 Å². The number of benzene rings is 2. The van der Waals surface area contributed by atoms with Crippen molar-refractivity contribution in [1.29, 1.82) is 0 Å². The SMILES string of the molecule is CC1=CC(I)=CCC1(C)Nc1c(C(=O)Oc2c(F)c(F)c(F)c(F)c2F)cc(Cl)c(F)c1F. The van der Waals surface area contributed by atoms with Crippen molar-refractivity contribution in [2.45, 2.75) is 25.8 Å². The van der Waals surface area contributed by atoms with Gasteiger partial charge in [0.2, 0.25) is 34.8 Å². The number of rotatable bonds is 4. The molecule has 1 N–H and O–H groups in total. The van der Waals surface area contributed by atoms with Crippen molar-refractivity contribution < 1.29 is 40.3 Å². The van der Waals surface area contributed by atoms with Gasteiger partial charge < -0.3 is 10.1 Å². The summed E-state index contributed by atoms with van der Waals surface area (Å²) in [5, 5.41) is 1.80. The Hall–Kier alpha value is -2.28. The second-order valence-corrected chi connectivity index (χ2v) is 8.93. The van der Waals surface area contributed by atoms with Gasteiger partial charge in [-0.05, 0) is 60.6 Å². The first-order valence-electron chi connectivity index (χ1n) is 9.02. The molecule has 0 saturated heterocycles. The summed E-state index contributed by atoms with van der Waals surface area (Å²) in [5.74, 6) is -18.8. The minimum absolute atomic E-state index is 0.281. The van der Waals surface area contributed by atoms with E-state index in [1.54, 1.807) is 26.0 Å². The van der Waals surface area contributed by atoms with Crippen LogP contribution in [0.2, 0.25) is 5.02 Å². The zero-order chi connectivity index (χ0) is 24.8. The van der Waals surface area contributed by atoms with Crippen molar-refractivity contribution in [2.24, 2.45) is 0 Å². The Morgan fingerprint density at radius 2 is 1.55 bits per heavy atom. The molecular weight excluding hydrogens is 594 g/mol. The molecular formula is C21H12ClF7INO2. The third-order valence-corrected chi connectivity index (χ3v) is 6.10. The number of anilines is 1. The average Bonchev–Trinajstić information content (AvgIpc) is 2.77. The molecule has 3 rings (SSSR count). The van der Waals surface area contributed by atoms with E-state index in [-0.39, 0.29) is 6.42 Å². The molecule has 1 aliphatic carbocycles. The molecule has 2 aromatic carbocycles. The Kier molecular flexibility index (Phi) is 7.04. The second kappa shape index (κ2) is 9.16. The summed E-state index contributed by atoms with van der Waals surface area (Å²) in [6.45, 7) is 3.30. The first-order chi connectivity index (χ1) is 15.3. The molecule has 1 atom stereocenters. The molecule has 3 nitrogen and oxygen atoms in total. The van der Waals surface area contributed by atoms with Crippen LogP contribution in [0.5, 0.6) is 5.75 Å². The number of hydrogen-bond acceptors (Lipinski definition) is 3. The van der Waals surface area contributed by atoms with Gasteiger partial charge >= 0.3 is 5.97 Å². The van der Waals surface area contributed by atoms with E-state index in [4.69, 9.17) is 11.6 Å². The Balaban J connectivity index is 2.10. The lowest BCUT2D eigenvalue weighted by Gasteiger charge is -2.35. The van der Waals surface area contributed by atoms with Gasteiger partial charge in [0, 0.05) is 3.58 Å². The van der Waals surface area contributed by atoms with Crippen LogP contribution in [-0.2, 0) is 0 Å². The normalized spacial score (nSPS) is 18.0. The molecule has 0 spiro atoms. The molecule has 1 unspecified atom stereocenters. The Morgan fingerprint density at radius 1 is 1.00 bits per heavy atom. The van der Waals surface area contributed by atoms with Crippen LogP contribution in [0.4, 0.5) is 36.4 Å². The van der Waals surface area contributed by atoms with E-state index in [1.165, 1.54) is 0 Å². The molecule has 1 aliphatic rings. The first-order valence-corrected chi connectivity index (χ1v) is 10.5. The standard InChI is InChI=1S/C21H12ClF7INO2/c1-7-5-8(30)3-4-21(7,2)31-18-9(6-10(22)11(23)15(18)27)20(32)33-19-16(28)13(25)12(24)14(26)17(19)29/h3,5-6,31H,4H2,1-2H3. The van der Waals surface area contributed by atoms with Crippen molar-refractivity contribution in [3.8, 4) is 5.75 Å². The van der Waals surface area contributed by atoms with Crippen molar-refractivity contribution in [3.05, 3.63) is 78.7 Å². The third kappa shape index (κ3) is 4.57. The van der Waals surface area contributed by atoms with E-state index < -0.39 is 74.3 Å². The van der Waals surface area contributed by atoms with Gasteiger partial charge in [-0.2, -0.15) is 8.78 Å². The van der Waals surface area contributed by atoms with Crippen LogP contribution in [0.25, 0.3) is 0 Å². The molecule has 12 heteroatoms. The summed E-state index contributed by atoms with van der Waals surface area (Å²) in [5.41, 5.74) is -1.97. The number of allylic oxidation sites excluding steroid dienone is 2. The van der Waals surface area contributed by atoms with Crippen LogP contribution in [-0.4, -0.2) is 11.5 Å². The van der Waals surface area contributed by atoms with E-state index >= 15 is 0 Å². The smallest absolute Gasteiger partial charge is 0.346 e. The lowest BCUT2D eigenvalue weighted by Crippen LogP contribution is -2.38. The number of ether oxygens (including phenoxy) is 1. The molecule has 0 saturated carbocycles. The zero-order valence-electron chi connectivity index (χ0n) is 16.7. The molecule has 0 heterocycles. The van der Waals surface area contributed by atoms with Gasteiger partial charge in [-0.1, -0.05) is 17.7 Å². The van der Waals surface area contributed by atoms with Gasteiger partial charge in [-0.25, -0.2) is 26.7 Å². The quantitative estimate of drug-likeness (QED) is 0.0988. The topological polar surface area (TPSA) is 38.3 Å². The highest BCUT2D eigenvalue weighted by Gasteiger charge is 2.34. The zero-order valence-corrected chi connectivity index (χ0v) is 19.6. The first kappa shape index (κ1) is 25.3. The monoisotopic (exact) mass is 605 g/mol. The third-order valence-electron chi connectivity index (χ3n) is 5.08. The fourth-order valence-corrected chi connectivity index (χ4v) is 3.89. The Morgan fingerprint density at radius 3 is 2.09 bits per heavy atom. The Bertz CT molecular complexity index is 1220. The highest BCUT2D eigenvalue weighted by atomic mass is 127. The number of carbonyl (C=O) groups excluding carboxylic acids is 1. The summed E-state index contributed by atoms with van der Waals surface area (Å²) < 4.78 is 102.